The smallest absolute Gasteiger partial charge is 0.161 e. The van der Waals surface area contributed by atoms with Gasteiger partial charge < -0.3 is 10.6 Å². The highest BCUT2D eigenvalue weighted by Crippen LogP contribution is 2.24. The highest BCUT2D eigenvalue weighted by atomic mass is 35.5. The highest BCUT2D eigenvalue weighted by Gasteiger charge is 2.18. The molecule has 1 aliphatic heterocycles. The lowest BCUT2D eigenvalue weighted by Gasteiger charge is -2.17. The van der Waals surface area contributed by atoms with E-state index in [2.05, 4.69) is 32.6 Å². The molecule has 0 aromatic carbocycles. The molecule has 0 saturated heterocycles. The number of hydrogen-bond acceptors (Lipinski definition) is 7. The summed E-state index contributed by atoms with van der Waals surface area (Å²) in [5.74, 6) is 1.65. The topological polar surface area (TPSA) is 93.4 Å². The third-order valence-corrected chi connectivity index (χ3v) is 4.57. The number of rotatable bonds is 5. The largest absolute Gasteiger partial charge is 0.368 e. The van der Waals surface area contributed by atoms with Crippen molar-refractivity contribution in [2.75, 3.05) is 25.0 Å². The van der Waals surface area contributed by atoms with Gasteiger partial charge in [0.05, 0.1) is 11.7 Å². The Hall–Kier alpha value is -2.58. The molecular formula is C18H23ClN8. The van der Waals surface area contributed by atoms with Gasteiger partial charge in [0.15, 0.2) is 5.82 Å². The van der Waals surface area contributed by atoms with E-state index in [-0.39, 0.29) is 18.4 Å². The molecular weight excluding hydrogens is 364 g/mol. The first-order valence-electron chi connectivity index (χ1n) is 8.90. The third kappa shape index (κ3) is 4.40. The number of pyridine rings is 1. The van der Waals surface area contributed by atoms with Crippen molar-refractivity contribution >= 4 is 18.2 Å². The van der Waals surface area contributed by atoms with Crippen LogP contribution in [0.2, 0.25) is 0 Å². The van der Waals surface area contributed by atoms with Crippen LogP contribution in [0.25, 0.3) is 11.4 Å². The molecule has 3 aromatic rings. The van der Waals surface area contributed by atoms with Crippen molar-refractivity contribution < 1.29 is 0 Å². The maximum absolute atomic E-state index is 4.83. The Morgan fingerprint density at radius 1 is 1.15 bits per heavy atom. The van der Waals surface area contributed by atoms with Crippen molar-refractivity contribution in [1.82, 2.24) is 35.0 Å². The molecule has 0 aliphatic carbocycles. The number of nitrogens with one attached hydrogen (secondary N) is 2. The molecule has 4 rings (SSSR count). The summed E-state index contributed by atoms with van der Waals surface area (Å²) in [7, 11) is 0. The van der Waals surface area contributed by atoms with Crippen molar-refractivity contribution in [2.24, 2.45) is 0 Å². The van der Waals surface area contributed by atoms with Gasteiger partial charge in [-0.2, -0.15) is 5.10 Å². The van der Waals surface area contributed by atoms with E-state index in [4.69, 9.17) is 9.97 Å². The molecule has 142 valence electrons. The zero-order valence-corrected chi connectivity index (χ0v) is 16.0. The maximum Gasteiger partial charge on any atom is 0.161 e. The van der Waals surface area contributed by atoms with Crippen LogP contribution in [-0.4, -0.2) is 49.4 Å². The van der Waals surface area contributed by atoms with Crippen LogP contribution < -0.4 is 10.6 Å². The Bertz CT molecular complexity index is 853. The molecule has 0 amide bonds. The molecule has 0 bridgehead atoms. The van der Waals surface area contributed by atoms with Crippen LogP contribution in [0.4, 0.5) is 5.82 Å². The quantitative estimate of drug-likeness (QED) is 0.691. The van der Waals surface area contributed by atoms with Gasteiger partial charge in [-0.3, -0.25) is 4.98 Å². The van der Waals surface area contributed by atoms with Crippen molar-refractivity contribution in [3.63, 3.8) is 0 Å². The number of hydrogen-bond donors (Lipinski definition) is 2. The van der Waals surface area contributed by atoms with Gasteiger partial charge in [-0.1, -0.05) is 0 Å². The first kappa shape index (κ1) is 19.2. The average molecular weight is 387 g/mol. The second-order valence-electron chi connectivity index (χ2n) is 6.41. The van der Waals surface area contributed by atoms with E-state index in [9.17, 15) is 0 Å². The van der Waals surface area contributed by atoms with Crippen LogP contribution in [0.3, 0.4) is 0 Å². The van der Waals surface area contributed by atoms with E-state index >= 15 is 0 Å². The van der Waals surface area contributed by atoms with Gasteiger partial charge in [-0.25, -0.2) is 19.6 Å². The number of anilines is 1. The fourth-order valence-electron chi connectivity index (χ4n) is 3.10. The van der Waals surface area contributed by atoms with Crippen molar-refractivity contribution in [3.8, 4) is 11.4 Å². The van der Waals surface area contributed by atoms with Crippen LogP contribution in [0.1, 0.15) is 24.2 Å². The van der Waals surface area contributed by atoms with E-state index < -0.39 is 0 Å². The van der Waals surface area contributed by atoms with Crippen LogP contribution >= 0.6 is 12.4 Å². The first-order valence-corrected chi connectivity index (χ1v) is 8.90. The zero-order chi connectivity index (χ0) is 17.8. The zero-order valence-electron chi connectivity index (χ0n) is 15.2. The third-order valence-electron chi connectivity index (χ3n) is 4.57. The van der Waals surface area contributed by atoms with Crippen LogP contribution in [0.5, 0.6) is 0 Å². The summed E-state index contributed by atoms with van der Waals surface area (Å²) in [5.41, 5.74) is 3.30. The molecule has 1 unspecified atom stereocenters. The van der Waals surface area contributed by atoms with Gasteiger partial charge in [-0.05, 0) is 32.0 Å². The fourth-order valence-corrected chi connectivity index (χ4v) is 3.10. The van der Waals surface area contributed by atoms with E-state index in [1.807, 2.05) is 16.8 Å². The van der Waals surface area contributed by atoms with Gasteiger partial charge in [0.25, 0.3) is 0 Å². The summed E-state index contributed by atoms with van der Waals surface area (Å²) in [5, 5.41) is 11.2. The van der Waals surface area contributed by atoms with Gasteiger partial charge >= 0.3 is 0 Å². The van der Waals surface area contributed by atoms with Crippen molar-refractivity contribution in [2.45, 2.75) is 25.8 Å². The molecule has 2 N–H and O–H groups in total. The summed E-state index contributed by atoms with van der Waals surface area (Å²) in [6.07, 6.45) is 8.66. The molecule has 9 heteroatoms. The Labute approximate surface area is 164 Å². The minimum Gasteiger partial charge on any atom is -0.368 e. The Kier molecular flexibility index (Phi) is 6.31. The van der Waals surface area contributed by atoms with Gasteiger partial charge in [0, 0.05) is 43.0 Å². The summed E-state index contributed by atoms with van der Waals surface area (Å²) in [4.78, 5) is 17.8. The molecule has 0 fully saturated rings. The first-order chi connectivity index (χ1) is 12.8. The summed E-state index contributed by atoms with van der Waals surface area (Å²) in [6.45, 7) is 4.70. The highest BCUT2D eigenvalue weighted by molar-refractivity contribution is 5.85. The average Bonchev–Trinajstić information content (AvgIpc) is 3.12. The molecule has 8 nitrogen and oxygen atoms in total. The van der Waals surface area contributed by atoms with Crippen LogP contribution in [0.15, 0.2) is 37.2 Å². The lowest BCUT2D eigenvalue weighted by molar-refractivity contribution is 0.510. The standard InChI is InChI=1S/C18H22N8.ClH/c1-13(26-12-21-11-23-26)10-22-18-15-4-8-20-9-5-16(15)24-17(25-18)14-2-6-19-7-3-14;/h2-3,6-7,11-13,20H,4-5,8-10H2,1H3,(H,22,24,25);1H. The SMILES string of the molecule is CC(CNc1nc(-c2ccncc2)nc2c1CCNCC2)n1cncn1.Cl. The molecule has 0 saturated carbocycles. The van der Waals surface area contributed by atoms with Crippen molar-refractivity contribution in [3.05, 3.63) is 48.4 Å². The molecule has 4 heterocycles. The number of nitrogens with zero attached hydrogens (tertiary/aromatic N) is 6. The lowest BCUT2D eigenvalue weighted by Crippen LogP contribution is -2.19. The Morgan fingerprint density at radius 3 is 2.74 bits per heavy atom. The van der Waals surface area contributed by atoms with E-state index in [1.54, 1.807) is 25.0 Å². The van der Waals surface area contributed by atoms with Gasteiger partial charge in [0.1, 0.15) is 18.5 Å². The summed E-state index contributed by atoms with van der Waals surface area (Å²) < 4.78 is 1.85. The van der Waals surface area contributed by atoms with Crippen molar-refractivity contribution in [1.29, 1.82) is 0 Å². The fraction of sp³-hybridized carbons (Fsp3) is 0.389. The Balaban J connectivity index is 0.00000210. The molecule has 3 aromatic heterocycles. The van der Waals surface area contributed by atoms with Gasteiger partial charge in [-0.15, -0.1) is 12.4 Å². The maximum atomic E-state index is 4.83. The predicted molar refractivity (Wildman–Crippen MR) is 106 cm³/mol. The second-order valence-corrected chi connectivity index (χ2v) is 6.41. The summed E-state index contributed by atoms with van der Waals surface area (Å²) in [6, 6.07) is 4.06. The second kappa shape index (κ2) is 8.88. The number of aromatic nitrogens is 6. The Morgan fingerprint density at radius 2 is 1.96 bits per heavy atom. The minimum atomic E-state index is 0. The molecule has 27 heavy (non-hydrogen) atoms. The molecule has 1 atom stereocenters. The monoisotopic (exact) mass is 386 g/mol. The molecule has 1 aliphatic rings. The van der Waals surface area contributed by atoms with E-state index in [1.165, 1.54) is 5.56 Å². The summed E-state index contributed by atoms with van der Waals surface area (Å²) >= 11 is 0. The minimum absolute atomic E-state index is 0. The van der Waals surface area contributed by atoms with Crippen LogP contribution in [-0.2, 0) is 12.8 Å². The number of fused-ring (bicyclic) bond motifs is 1. The van der Waals surface area contributed by atoms with Crippen LogP contribution in [0, 0.1) is 0 Å². The normalized spacial score (nSPS) is 14.6. The number of halogens is 1. The van der Waals surface area contributed by atoms with E-state index in [0.29, 0.717) is 0 Å². The molecule has 0 radical (unpaired) electrons. The van der Waals surface area contributed by atoms with Gasteiger partial charge in [0.2, 0.25) is 0 Å². The predicted octanol–water partition coefficient (Wildman–Crippen LogP) is 1.91. The molecule has 0 spiro atoms. The van der Waals surface area contributed by atoms with E-state index in [0.717, 1.165) is 55.4 Å². The lowest BCUT2D eigenvalue weighted by atomic mass is 10.1.